The van der Waals surface area contributed by atoms with E-state index in [1.807, 2.05) is 0 Å². The average molecular weight is 523 g/mol. The van der Waals surface area contributed by atoms with Gasteiger partial charge >= 0.3 is 0 Å². The first kappa shape index (κ1) is 25.8. The topological polar surface area (TPSA) is 134 Å². The van der Waals surface area contributed by atoms with Gasteiger partial charge in [0.05, 0.1) is 16.9 Å². The van der Waals surface area contributed by atoms with E-state index >= 15 is 4.39 Å². The zero-order valence-corrected chi connectivity index (χ0v) is 21.2. The van der Waals surface area contributed by atoms with E-state index < -0.39 is 35.3 Å². The van der Waals surface area contributed by atoms with E-state index in [1.165, 1.54) is 23.0 Å². The molecule has 0 radical (unpaired) electrons. The fourth-order valence-electron chi connectivity index (χ4n) is 5.51. The van der Waals surface area contributed by atoms with E-state index in [0.29, 0.717) is 30.7 Å². The highest BCUT2D eigenvalue weighted by Gasteiger charge is 2.37. The Balaban J connectivity index is 1.36. The number of nitrogens with zero attached hydrogens (tertiary/aromatic N) is 4. The van der Waals surface area contributed by atoms with Crippen LogP contribution in [0.25, 0.3) is 11.3 Å². The van der Waals surface area contributed by atoms with Crippen LogP contribution in [0.1, 0.15) is 72.0 Å². The molecule has 2 aromatic heterocycles. The highest BCUT2D eigenvalue weighted by molar-refractivity contribution is 6.05. The summed E-state index contributed by atoms with van der Waals surface area (Å²) < 4.78 is 24.4. The maximum Gasteiger partial charge on any atom is 0.271 e. The summed E-state index contributed by atoms with van der Waals surface area (Å²) in [6.07, 6.45) is 8.30. The molecule has 5 rings (SSSR count). The largest absolute Gasteiger partial charge is 0.364 e. The van der Waals surface area contributed by atoms with Gasteiger partial charge in [0.2, 0.25) is 5.91 Å². The lowest BCUT2D eigenvalue weighted by Gasteiger charge is -2.29. The number of ether oxygens (including phenoxy) is 1. The van der Waals surface area contributed by atoms with Gasteiger partial charge in [-0.3, -0.25) is 19.1 Å². The number of halogens is 1. The summed E-state index contributed by atoms with van der Waals surface area (Å²) in [5, 5.41) is 11.1. The van der Waals surface area contributed by atoms with Crippen LogP contribution in [0, 0.1) is 17.7 Å². The number of benzene rings is 1. The van der Waals surface area contributed by atoms with Crippen molar-refractivity contribution in [2.45, 2.75) is 51.2 Å². The minimum absolute atomic E-state index is 0.0439. The molecule has 3 N–H and O–H groups in total. The summed E-state index contributed by atoms with van der Waals surface area (Å²) >= 11 is 0. The Morgan fingerprint density at radius 3 is 2.55 bits per heavy atom. The van der Waals surface area contributed by atoms with Crippen LogP contribution in [0.15, 0.2) is 36.7 Å². The number of hydrogen-bond acceptors (Lipinski definition) is 6. The smallest absolute Gasteiger partial charge is 0.271 e. The van der Waals surface area contributed by atoms with Gasteiger partial charge < -0.3 is 15.8 Å². The Labute approximate surface area is 219 Å². The van der Waals surface area contributed by atoms with Crippen molar-refractivity contribution in [1.29, 1.82) is 0 Å². The van der Waals surface area contributed by atoms with E-state index in [0.717, 1.165) is 32.1 Å². The predicted octanol–water partition coefficient (Wildman–Crippen LogP) is 3.85. The lowest BCUT2D eigenvalue weighted by molar-refractivity contribution is -0.122. The minimum Gasteiger partial charge on any atom is -0.364 e. The van der Waals surface area contributed by atoms with Crippen LogP contribution in [0.5, 0.6) is 0 Å². The van der Waals surface area contributed by atoms with Crippen molar-refractivity contribution in [2.24, 2.45) is 24.6 Å². The molecular weight excluding hydrogens is 491 g/mol. The van der Waals surface area contributed by atoms with Gasteiger partial charge in [-0.05, 0) is 50.3 Å². The number of ketones is 1. The summed E-state index contributed by atoms with van der Waals surface area (Å²) in [6.45, 7) is 0.659. The molecule has 2 aliphatic rings. The maximum absolute atomic E-state index is 15.4. The molecule has 1 aliphatic heterocycles. The molecule has 1 aromatic carbocycles. The number of anilines is 1. The summed E-state index contributed by atoms with van der Waals surface area (Å²) in [5.41, 5.74) is 6.78. The third-order valence-corrected chi connectivity index (χ3v) is 7.39. The number of aryl methyl sites for hydroxylation is 1. The number of amides is 2. The molecule has 2 fully saturated rings. The Morgan fingerprint density at radius 2 is 1.84 bits per heavy atom. The molecule has 200 valence electrons. The molecule has 2 amide bonds. The van der Waals surface area contributed by atoms with Gasteiger partial charge in [-0.2, -0.15) is 10.2 Å². The first-order chi connectivity index (χ1) is 18.3. The van der Waals surface area contributed by atoms with Crippen LogP contribution in [-0.2, 0) is 16.6 Å². The number of aromatic nitrogens is 4. The fourth-order valence-corrected chi connectivity index (χ4v) is 5.51. The van der Waals surface area contributed by atoms with Crippen molar-refractivity contribution in [1.82, 2.24) is 19.6 Å². The monoisotopic (exact) mass is 522 g/mol. The number of carbonyl (C=O) groups is 3. The molecular formula is C27H31FN6O4. The first-order valence-corrected chi connectivity index (χ1v) is 13.0. The maximum atomic E-state index is 15.4. The van der Waals surface area contributed by atoms with Crippen molar-refractivity contribution in [3.05, 3.63) is 53.7 Å². The number of nitrogens with two attached hydrogens (primary N) is 1. The van der Waals surface area contributed by atoms with E-state index in [1.54, 1.807) is 30.1 Å². The molecule has 3 heterocycles. The second kappa shape index (κ2) is 10.9. The van der Waals surface area contributed by atoms with Gasteiger partial charge in [0.15, 0.2) is 17.7 Å². The Morgan fingerprint density at radius 1 is 1.08 bits per heavy atom. The molecule has 0 spiro atoms. The van der Waals surface area contributed by atoms with Crippen LogP contribution in [0.4, 0.5) is 10.1 Å². The van der Waals surface area contributed by atoms with Gasteiger partial charge in [0.25, 0.3) is 5.91 Å². The highest BCUT2D eigenvalue weighted by Crippen LogP contribution is 2.35. The summed E-state index contributed by atoms with van der Waals surface area (Å²) in [7, 11) is 1.61. The second-order valence-electron chi connectivity index (χ2n) is 9.96. The van der Waals surface area contributed by atoms with Gasteiger partial charge in [0.1, 0.15) is 5.82 Å². The number of nitrogens with one attached hydrogen (secondary N) is 1. The summed E-state index contributed by atoms with van der Waals surface area (Å²) in [5.74, 6) is -3.57. The lowest BCUT2D eigenvalue weighted by atomic mass is 9.74. The minimum atomic E-state index is -0.768. The van der Waals surface area contributed by atoms with Gasteiger partial charge in [-0.15, -0.1) is 0 Å². The van der Waals surface area contributed by atoms with Crippen molar-refractivity contribution in [3.63, 3.8) is 0 Å². The average Bonchev–Trinajstić information content (AvgIpc) is 3.55. The van der Waals surface area contributed by atoms with E-state index in [2.05, 4.69) is 15.5 Å². The van der Waals surface area contributed by atoms with Crippen molar-refractivity contribution >= 4 is 23.3 Å². The van der Waals surface area contributed by atoms with Crippen molar-refractivity contribution in [2.75, 3.05) is 11.9 Å². The highest BCUT2D eigenvalue weighted by atomic mass is 19.1. The third-order valence-electron chi connectivity index (χ3n) is 7.39. The van der Waals surface area contributed by atoms with Crippen molar-refractivity contribution in [3.8, 4) is 11.3 Å². The Hall–Kier alpha value is -3.86. The normalized spacial score (nSPS) is 21.7. The number of carbonyl (C=O) groups excluding carboxylic acids is 3. The summed E-state index contributed by atoms with van der Waals surface area (Å²) in [6, 6.07) is 6.34. The molecule has 0 bridgehead atoms. The van der Waals surface area contributed by atoms with Crippen LogP contribution in [0.2, 0.25) is 0 Å². The molecule has 3 atom stereocenters. The van der Waals surface area contributed by atoms with Crippen LogP contribution in [-0.4, -0.2) is 43.8 Å². The molecule has 1 saturated carbocycles. The third kappa shape index (κ3) is 5.10. The predicted molar refractivity (Wildman–Crippen MR) is 137 cm³/mol. The molecule has 3 unspecified atom stereocenters. The zero-order valence-electron chi connectivity index (χ0n) is 21.2. The van der Waals surface area contributed by atoms with Gasteiger partial charge in [-0.25, -0.2) is 9.07 Å². The quantitative estimate of drug-likeness (QED) is 0.453. The number of primary amides is 1. The number of hydrogen-bond donors (Lipinski definition) is 2. The molecule has 1 saturated heterocycles. The summed E-state index contributed by atoms with van der Waals surface area (Å²) in [4.78, 5) is 38.4. The van der Waals surface area contributed by atoms with Crippen LogP contribution < -0.4 is 11.1 Å². The van der Waals surface area contributed by atoms with E-state index in [-0.39, 0.29) is 23.2 Å². The molecule has 38 heavy (non-hydrogen) atoms. The molecule has 3 aromatic rings. The van der Waals surface area contributed by atoms with Crippen LogP contribution in [0.3, 0.4) is 0 Å². The Bertz CT molecular complexity index is 1360. The van der Waals surface area contributed by atoms with Crippen molar-refractivity contribution < 1.29 is 23.5 Å². The molecule has 1 aliphatic carbocycles. The second-order valence-corrected chi connectivity index (χ2v) is 9.96. The fraction of sp³-hybridized carbons (Fsp3) is 0.444. The molecule has 10 nitrogen and oxygen atoms in total. The standard InChI is InChI=1S/C27H31FN6O4/c1-33-15-21(24(32-33)26(29)36)31-27(37)18-7-3-2-6-17(18)25(35)19-10-9-16(14-20(19)28)22-11-12-30-34(22)23-8-4-5-13-38-23/h9-12,14-15,17-18,23H,2-8,13H2,1H3,(H2,29,36)(H,31,37). The number of rotatable bonds is 7. The Kier molecular flexibility index (Phi) is 7.37. The first-order valence-electron chi connectivity index (χ1n) is 13.0. The van der Waals surface area contributed by atoms with E-state index in [4.69, 9.17) is 10.5 Å². The molecule has 11 heteroatoms. The van der Waals surface area contributed by atoms with Gasteiger partial charge in [0, 0.05) is 43.4 Å². The SMILES string of the molecule is Cn1cc(NC(=O)C2CCCCC2C(=O)c2ccc(-c3ccnn3C3CCCCO3)cc2F)c(C(N)=O)n1. The van der Waals surface area contributed by atoms with Gasteiger partial charge in [-0.1, -0.05) is 18.9 Å². The van der Waals surface area contributed by atoms with E-state index in [9.17, 15) is 14.4 Å². The lowest BCUT2D eigenvalue weighted by Crippen LogP contribution is -2.36. The zero-order chi connectivity index (χ0) is 26.8. The number of Topliss-reactive ketones (excluding diaryl/α,β-unsaturated/α-hetero) is 1. The van der Waals surface area contributed by atoms with Crippen LogP contribution >= 0.6 is 0 Å².